The molecule has 0 atom stereocenters. The van der Waals surface area contributed by atoms with Crippen LogP contribution in [0.1, 0.15) is 0 Å². The third kappa shape index (κ3) is 4.40. The van der Waals surface area contributed by atoms with Gasteiger partial charge in [-0.3, -0.25) is 0 Å². The highest BCUT2D eigenvalue weighted by molar-refractivity contribution is 6.26. The Hall–Kier alpha value is -6.44. The lowest BCUT2D eigenvalue weighted by atomic mass is 9.90. The first-order valence-electron chi connectivity index (χ1n) is 16.9. The first-order valence-corrected chi connectivity index (χ1v) is 16.9. The molecule has 0 unspecified atom stereocenters. The van der Waals surface area contributed by atoms with Crippen molar-refractivity contribution in [2.75, 3.05) is 0 Å². The van der Waals surface area contributed by atoms with Gasteiger partial charge in [-0.2, -0.15) is 0 Å². The second kappa shape index (κ2) is 11.1. The van der Waals surface area contributed by atoms with Crippen LogP contribution >= 0.6 is 0 Å². The van der Waals surface area contributed by atoms with Crippen LogP contribution in [0.5, 0.6) is 0 Å². The van der Waals surface area contributed by atoms with Crippen LogP contribution in [0.3, 0.4) is 0 Å². The Morgan fingerprint density at radius 1 is 0.245 bits per heavy atom. The first kappa shape index (κ1) is 27.7. The third-order valence-electron chi connectivity index (χ3n) is 10.2. The second-order valence-corrected chi connectivity index (χ2v) is 12.9. The minimum Gasteiger partial charge on any atom is -0.309 e. The SMILES string of the molecule is c1ccc(-c2ccc3c4ccccc4c4ccc(-c5ccccc5-n5c6ccccc6c6ccc(-c7ccccc7)cc65)cc4c3c2)cc1. The van der Waals surface area contributed by atoms with Gasteiger partial charge in [0, 0.05) is 16.3 Å². The summed E-state index contributed by atoms with van der Waals surface area (Å²) in [7, 11) is 0. The Morgan fingerprint density at radius 2 is 0.694 bits per heavy atom. The minimum atomic E-state index is 1.17. The molecule has 0 aliphatic heterocycles. The predicted octanol–water partition coefficient (Wildman–Crippen LogP) is 13.2. The van der Waals surface area contributed by atoms with Crippen molar-refractivity contribution in [1.82, 2.24) is 4.57 Å². The van der Waals surface area contributed by atoms with Gasteiger partial charge in [0.25, 0.3) is 0 Å². The summed E-state index contributed by atoms with van der Waals surface area (Å²) in [5.41, 5.74) is 10.9. The zero-order chi connectivity index (χ0) is 32.3. The Balaban J connectivity index is 1.25. The van der Waals surface area contributed by atoms with Crippen molar-refractivity contribution >= 4 is 54.1 Å². The molecule has 10 aromatic rings. The van der Waals surface area contributed by atoms with Gasteiger partial charge in [0.2, 0.25) is 0 Å². The molecule has 0 aliphatic carbocycles. The molecular formula is C48H31N. The monoisotopic (exact) mass is 621 g/mol. The van der Waals surface area contributed by atoms with Crippen molar-refractivity contribution in [2.45, 2.75) is 0 Å². The number of fused-ring (bicyclic) bond motifs is 9. The normalized spacial score (nSPS) is 11.7. The van der Waals surface area contributed by atoms with Crippen LogP contribution in [0.25, 0.3) is 93.2 Å². The molecule has 9 aromatic carbocycles. The molecule has 1 heterocycles. The fourth-order valence-electron chi connectivity index (χ4n) is 7.89. The Bertz CT molecular complexity index is 2860. The zero-order valence-corrected chi connectivity index (χ0v) is 26.8. The first-order chi connectivity index (χ1) is 24.3. The van der Waals surface area contributed by atoms with Crippen molar-refractivity contribution < 1.29 is 0 Å². The maximum absolute atomic E-state index is 2.46. The van der Waals surface area contributed by atoms with Crippen molar-refractivity contribution in [1.29, 1.82) is 0 Å². The van der Waals surface area contributed by atoms with E-state index in [1.165, 1.54) is 93.2 Å². The molecule has 0 fully saturated rings. The average molecular weight is 622 g/mol. The van der Waals surface area contributed by atoms with Gasteiger partial charge in [-0.1, -0.05) is 158 Å². The van der Waals surface area contributed by atoms with Crippen molar-refractivity contribution in [3.8, 4) is 39.1 Å². The Morgan fingerprint density at radius 3 is 1.37 bits per heavy atom. The molecule has 0 bridgehead atoms. The van der Waals surface area contributed by atoms with E-state index in [1.807, 2.05) is 0 Å². The minimum absolute atomic E-state index is 1.17. The molecule has 1 heteroatoms. The highest BCUT2D eigenvalue weighted by Gasteiger charge is 2.17. The van der Waals surface area contributed by atoms with E-state index in [4.69, 9.17) is 0 Å². The van der Waals surface area contributed by atoms with E-state index in [2.05, 4.69) is 193 Å². The summed E-state index contributed by atoms with van der Waals surface area (Å²) in [5, 5.41) is 10.2. The van der Waals surface area contributed by atoms with Crippen LogP contribution in [-0.4, -0.2) is 4.57 Å². The van der Waals surface area contributed by atoms with Gasteiger partial charge in [-0.15, -0.1) is 0 Å². The molecule has 1 nitrogen and oxygen atoms in total. The van der Waals surface area contributed by atoms with E-state index < -0.39 is 0 Å². The molecular weight excluding hydrogens is 591 g/mol. The van der Waals surface area contributed by atoms with Crippen LogP contribution in [-0.2, 0) is 0 Å². The summed E-state index contributed by atoms with van der Waals surface area (Å²) in [6.45, 7) is 0. The van der Waals surface area contributed by atoms with E-state index in [9.17, 15) is 0 Å². The van der Waals surface area contributed by atoms with Gasteiger partial charge < -0.3 is 4.57 Å². The topological polar surface area (TPSA) is 4.93 Å². The largest absolute Gasteiger partial charge is 0.309 e. The van der Waals surface area contributed by atoms with E-state index in [-0.39, 0.29) is 0 Å². The fourth-order valence-corrected chi connectivity index (χ4v) is 7.89. The van der Waals surface area contributed by atoms with Crippen molar-refractivity contribution in [2.24, 2.45) is 0 Å². The van der Waals surface area contributed by atoms with Crippen LogP contribution in [0, 0.1) is 0 Å². The van der Waals surface area contributed by atoms with Gasteiger partial charge in [-0.25, -0.2) is 0 Å². The maximum Gasteiger partial charge on any atom is 0.0547 e. The van der Waals surface area contributed by atoms with Crippen LogP contribution < -0.4 is 0 Å². The molecule has 0 saturated heterocycles. The Kier molecular flexibility index (Phi) is 6.25. The average Bonchev–Trinajstić information content (AvgIpc) is 3.52. The number of hydrogen-bond acceptors (Lipinski definition) is 0. The number of hydrogen-bond donors (Lipinski definition) is 0. The highest BCUT2D eigenvalue weighted by atomic mass is 15.0. The maximum atomic E-state index is 2.46. The molecule has 0 N–H and O–H groups in total. The number of benzene rings is 9. The molecule has 0 amide bonds. The van der Waals surface area contributed by atoms with E-state index in [1.54, 1.807) is 0 Å². The number of aromatic nitrogens is 1. The molecule has 0 aliphatic rings. The molecule has 10 rings (SSSR count). The lowest BCUT2D eigenvalue weighted by molar-refractivity contribution is 1.18. The third-order valence-corrected chi connectivity index (χ3v) is 10.2. The smallest absolute Gasteiger partial charge is 0.0547 e. The molecule has 1 aromatic heterocycles. The summed E-state index contributed by atoms with van der Waals surface area (Å²) < 4.78 is 2.46. The van der Waals surface area contributed by atoms with Gasteiger partial charge in [0.05, 0.1) is 16.7 Å². The number of nitrogens with zero attached hydrogens (tertiary/aromatic N) is 1. The Labute approximate surface area is 284 Å². The van der Waals surface area contributed by atoms with E-state index in [0.717, 1.165) is 0 Å². The van der Waals surface area contributed by atoms with E-state index in [0.29, 0.717) is 0 Å². The van der Waals surface area contributed by atoms with Crippen LogP contribution in [0.2, 0.25) is 0 Å². The fraction of sp³-hybridized carbons (Fsp3) is 0. The summed E-state index contributed by atoms with van der Waals surface area (Å²) in [5.74, 6) is 0. The number of para-hydroxylation sites is 2. The van der Waals surface area contributed by atoms with Gasteiger partial charge in [-0.05, 0) is 90.5 Å². The van der Waals surface area contributed by atoms with Gasteiger partial charge in [0.15, 0.2) is 0 Å². The van der Waals surface area contributed by atoms with Crippen molar-refractivity contribution in [3.63, 3.8) is 0 Å². The van der Waals surface area contributed by atoms with Gasteiger partial charge >= 0.3 is 0 Å². The van der Waals surface area contributed by atoms with Crippen molar-refractivity contribution in [3.05, 3.63) is 188 Å². The summed E-state index contributed by atoms with van der Waals surface area (Å²) in [6.07, 6.45) is 0. The highest BCUT2D eigenvalue weighted by Crippen LogP contribution is 2.41. The molecule has 0 radical (unpaired) electrons. The summed E-state index contributed by atoms with van der Waals surface area (Å²) >= 11 is 0. The number of rotatable bonds is 4. The summed E-state index contributed by atoms with van der Waals surface area (Å²) in [4.78, 5) is 0. The molecule has 49 heavy (non-hydrogen) atoms. The van der Waals surface area contributed by atoms with Crippen LogP contribution in [0.15, 0.2) is 188 Å². The second-order valence-electron chi connectivity index (χ2n) is 12.9. The molecule has 0 spiro atoms. The molecule has 0 saturated carbocycles. The predicted molar refractivity (Wildman–Crippen MR) is 210 cm³/mol. The molecule has 228 valence electrons. The standard InChI is InChI=1S/C48H31N/c1-3-13-32(14-4-1)34-23-26-40-38-18-7-8-19-39(38)41-27-25-36(30-45(41)44(40)29-34)37-17-9-11-21-46(37)49-47-22-12-10-20-42(47)43-28-24-35(31-48(43)49)33-15-5-2-6-16-33/h1-31H. The van der Waals surface area contributed by atoms with E-state index >= 15 is 0 Å². The summed E-state index contributed by atoms with van der Waals surface area (Å²) in [6, 6.07) is 68.8. The van der Waals surface area contributed by atoms with Crippen LogP contribution in [0.4, 0.5) is 0 Å². The lowest BCUT2D eigenvalue weighted by Crippen LogP contribution is -1.97. The lowest BCUT2D eigenvalue weighted by Gasteiger charge is -2.16. The quantitative estimate of drug-likeness (QED) is 0.172. The van der Waals surface area contributed by atoms with Gasteiger partial charge in [0.1, 0.15) is 0 Å². The zero-order valence-electron chi connectivity index (χ0n) is 26.8.